The van der Waals surface area contributed by atoms with Crippen molar-refractivity contribution >= 4 is 5.82 Å². The lowest BCUT2D eigenvalue weighted by Gasteiger charge is -2.02. The monoisotopic (exact) mass is 193 g/mol. The van der Waals surface area contributed by atoms with Gasteiger partial charge in [-0.2, -0.15) is 0 Å². The van der Waals surface area contributed by atoms with E-state index in [1.54, 1.807) is 17.1 Å². The minimum absolute atomic E-state index is 0.636. The molecular formula is C8H11N5O. The van der Waals surface area contributed by atoms with Gasteiger partial charge >= 0.3 is 0 Å². The molecule has 6 heteroatoms. The number of nitrogens with one attached hydrogen (secondary N) is 1. The molecule has 2 aromatic rings. The van der Waals surface area contributed by atoms with Crippen LogP contribution < -0.4 is 5.32 Å². The summed E-state index contributed by atoms with van der Waals surface area (Å²) in [5.74, 6) is 0.756. The molecule has 0 aliphatic carbocycles. The molecule has 0 atom stereocenters. The second-order valence-electron chi connectivity index (χ2n) is 3.05. The second kappa shape index (κ2) is 3.49. The Hall–Kier alpha value is -1.85. The van der Waals surface area contributed by atoms with Crippen LogP contribution in [-0.2, 0) is 13.6 Å². The number of hydrogen-bond acceptors (Lipinski definition) is 5. The number of rotatable bonds is 3. The van der Waals surface area contributed by atoms with Gasteiger partial charge in [-0.15, -0.1) is 5.10 Å². The summed E-state index contributed by atoms with van der Waals surface area (Å²) in [4.78, 5) is 0. The molecule has 0 amide bonds. The van der Waals surface area contributed by atoms with E-state index in [9.17, 15) is 0 Å². The highest BCUT2D eigenvalue weighted by molar-refractivity contribution is 5.40. The molecule has 0 aliphatic heterocycles. The van der Waals surface area contributed by atoms with Gasteiger partial charge in [0.1, 0.15) is 6.26 Å². The lowest BCUT2D eigenvalue weighted by Crippen LogP contribution is -2.06. The third-order valence-corrected chi connectivity index (χ3v) is 1.99. The van der Waals surface area contributed by atoms with E-state index in [-0.39, 0.29) is 0 Å². The fourth-order valence-electron chi connectivity index (χ4n) is 1.10. The SMILES string of the molecule is Cc1conc1NCc1cnnn1C. The maximum absolute atomic E-state index is 4.79. The van der Waals surface area contributed by atoms with E-state index in [1.807, 2.05) is 14.0 Å². The Labute approximate surface area is 80.9 Å². The molecule has 74 valence electrons. The van der Waals surface area contributed by atoms with E-state index < -0.39 is 0 Å². The van der Waals surface area contributed by atoms with Crippen molar-refractivity contribution in [1.29, 1.82) is 0 Å². The molecule has 14 heavy (non-hydrogen) atoms. The maximum Gasteiger partial charge on any atom is 0.172 e. The summed E-state index contributed by atoms with van der Waals surface area (Å²) in [5.41, 5.74) is 1.98. The van der Waals surface area contributed by atoms with Gasteiger partial charge in [0.15, 0.2) is 5.82 Å². The third-order valence-electron chi connectivity index (χ3n) is 1.99. The Morgan fingerprint density at radius 1 is 1.57 bits per heavy atom. The van der Waals surface area contributed by atoms with Crippen molar-refractivity contribution < 1.29 is 4.52 Å². The van der Waals surface area contributed by atoms with Crippen molar-refractivity contribution in [1.82, 2.24) is 20.2 Å². The third kappa shape index (κ3) is 1.59. The highest BCUT2D eigenvalue weighted by atomic mass is 16.5. The van der Waals surface area contributed by atoms with Crippen LogP contribution in [0.3, 0.4) is 0 Å². The van der Waals surface area contributed by atoms with Gasteiger partial charge in [-0.25, -0.2) is 0 Å². The molecule has 0 saturated carbocycles. The Kier molecular flexibility index (Phi) is 2.18. The first-order chi connectivity index (χ1) is 6.77. The predicted octanol–water partition coefficient (Wildman–Crippen LogP) is 0.724. The lowest BCUT2D eigenvalue weighted by molar-refractivity contribution is 0.421. The van der Waals surface area contributed by atoms with Crippen LogP contribution in [0.4, 0.5) is 5.82 Å². The zero-order valence-electron chi connectivity index (χ0n) is 8.06. The molecule has 0 radical (unpaired) electrons. The van der Waals surface area contributed by atoms with Crippen LogP contribution in [0.2, 0.25) is 0 Å². The van der Waals surface area contributed by atoms with Crippen LogP contribution in [-0.4, -0.2) is 20.2 Å². The zero-order chi connectivity index (χ0) is 9.97. The summed E-state index contributed by atoms with van der Waals surface area (Å²) in [6.07, 6.45) is 3.31. The first kappa shape index (κ1) is 8.74. The zero-order valence-corrected chi connectivity index (χ0v) is 8.06. The van der Waals surface area contributed by atoms with Gasteiger partial charge < -0.3 is 9.84 Å². The average Bonchev–Trinajstić information content (AvgIpc) is 2.72. The Bertz CT molecular complexity index is 379. The van der Waals surface area contributed by atoms with E-state index in [0.29, 0.717) is 6.54 Å². The van der Waals surface area contributed by atoms with Gasteiger partial charge in [0, 0.05) is 12.6 Å². The summed E-state index contributed by atoms with van der Waals surface area (Å²) < 4.78 is 6.51. The van der Waals surface area contributed by atoms with Gasteiger partial charge in [0.2, 0.25) is 0 Å². The van der Waals surface area contributed by atoms with Crippen LogP contribution in [0, 0.1) is 6.92 Å². The molecule has 0 unspecified atom stereocenters. The molecule has 1 N–H and O–H groups in total. The number of nitrogens with zero attached hydrogens (tertiary/aromatic N) is 4. The Morgan fingerprint density at radius 3 is 3.00 bits per heavy atom. The van der Waals surface area contributed by atoms with Gasteiger partial charge in [0.25, 0.3) is 0 Å². The minimum atomic E-state index is 0.636. The van der Waals surface area contributed by atoms with E-state index in [2.05, 4.69) is 20.8 Å². The molecule has 0 aliphatic rings. The highest BCUT2D eigenvalue weighted by Gasteiger charge is 2.04. The summed E-state index contributed by atoms with van der Waals surface area (Å²) in [6.45, 7) is 2.57. The van der Waals surface area contributed by atoms with Crippen LogP contribution in [0.25, 0.3) is 0 Å². The average molecular weight is 193 g/mol. The maximum atomic E-state index is 4.79. The van der Waals surface area contributed by atoms with Crippen molar-refractivity contribution in [2.45, 2.75) is 13.5 Å². The van der Waals surface area contributed by atoms with E-state index in [0.717, 1.165) is 17.1 Å². The minimum Gasteiger partial charge on any atom is -0.362 e. The topological polar surface area (TPSA) is 68.8 Å². The normalized spacial score (nSPS) is 10.4. The molecule has 0 aromatic carbocycles. The van der Waals surface area contributed by atoms with Crippen LogP contribution in [0.5, 0.6) is 0 Å². The van der Waals surface area contributed by atoms with E-state index in [1.165, 1.54) is 0 Å². The Morgan fingerprint density at radius 2 is 2.43 bits per heavy atom. The molecule has 2 aromatic heterocycles. The fourth-order valence-corrected chi connectivity index (χ4v) is 1.10. The first-order valence-corrected chi connectivity index (χ1v) is 4.26. The molecule has 0 spiro atoms. The lowest BCUT2D eigenvalue weighted by atomic mass is 10.3. The fraction of sp³-hybridized carbons (Fsp3) is 0.375. The van der Waals surface area contributed by atoms with E-state index >= 15 is 0 Å². The van der Waals surface area contributed by atoms with Crippen LogP contribution in [0.15, 0.2) is 17.0 Å². The summed E-state index contributed by atoms with van der Waals surface area (Å²) in [6, 6.07) is 0. The standard InChI is InChI=1S/C8H11N5O/c1-6-5-14-11-8(6)9-3-7-4-10-12-13(7)2/h4-5H,3H2,1-2H3,(H,9,11). The van der Waals surface area contributed by atoms with Crippen molar-refractivity contribution in [3.05, 3.63) is 23.7 Å². The molecule has 2 heterocycles. The van der Waals surface area contributed by atoms with Gasteiger partial charge in [-0.3, -0.25) is 4.68 Å². The molecule has 0 bridgehead atoms. The molecule has 0 saturated heterocycles. The number of anilines is 1. The van der Waals surface area contributed by atoms with Crippen molar-refractivity contribution in [3.63, 3.8) is 0 Å². The molecule has 6 nitrogen and oxygen atoms in total. The summed E-state index contributed by atoms with van der Waals surface area (Å²) >= 11 is 0. The van der Waals surface area contributed by atoms with Gasteiger partial charge in [-0.1, -0.05) is 10.4 Å². The summed E-state index contributed by atoms with van der Waals surface area (Å²) in [5, 5.41) is 14.5. The largest absolute Gasteiger partial charge is 0.362 e. The van der Waals surface area contributed by atoms with E-state index in [4.69, 9.17) is 4.52 Å². The quantitative estimate of drug-likeness (QED) is 0.778. The first-order valence-electron chi connectivity index (χ1n) is 4.26. The highest BCUT2D eigenvalue weighted by Crippen LogP contribution is 2.11. The number of aromatic nitrogens is 4. The van der Waals surface area contributed by atoms with Crippen molar-refractivity contribution in [2.75, 3.05) is 5.32 Å². The number of hydrogen-bond donors (Lipinski definition) is 1. The smallest absolute Gasteiger partial charge is 0.172 e. The van der Waals surface area contributed by atoms with Gasteiger partial charge in [0.05, 0.1) is 18.4 Å². The van der Waals surface area contributed by atoms with Crippen molar-refractivity contribution in [3.8, 4) is 0 Å². The Balaban J connectivity index is 2.02. The van der Waals surface area contributed by atoms with Crippen LogP contribution >= 0.6 is 0 Å². The molecule has 2 rings (SSSR count). The summed E-state index contributed by atoms with van der Waals surface area (Å²) in [7, 11) is 1.85. The molecule has 0 fully saturated rings. The molecular weight excluding hydrogens is 182 g/mol. The second-order valence-corrected chi connectivity index (χ2v) is 3.05. The van der Waals surface area contributed by atoms with Crippen LogP contribution in [0.1, 0.15) is 11.3 Å². The van der Waals surface area contributed by atoms with Gasteiger partial charge in [-0.05, 0) is 6.92 Å². The predicted molar refractivity (Wildman–Crippen MR) is 49.6 cm³/mol. The number of aryl methyl sites for hydroxylation is 2. The van der Waals surface area contributed by atoms with Crippen molar-refractivity contribution in [2.24, 2.45) is 7.05 Å².